The van der Waals surface area contributed by atoms with Gasteiger partial charge in [0.1, 0.15) is 5.75 Å². The lowest BCUT2D eigenvalue weighted by Gasteiger charge is -2.32. The van der Waals surface area contributed by atoms with Gasteiger partial charge in [-0.3, -0.25) is 14.5 Å². The number of carbonyl (C=O) groups excluding carboxylic acids is 2. The van der Waals surface area contributed by atoms with E-state index in [9.17, 15) is 22.8 Å². The van der Waals surface area contributed by atoms with E-state index < -0.39 is 18.0 Å². The molecule has 192 valence electrons. The summed E-state index contributed by atoms with van der Waals surface area (Å²) in [5.41, 5.74) is 9.03. The van der Waals surface area contributed by atoms with E-state index in [1.807, 2.05) is 6.20 Å². The summed E-state index contributed by atoms with van der Waals surface area (Å²) in [6.07, 6.45) is -1.32. The summed E-state index contributed by atoms with van der Waals surface area (Å²) in [4.78, 5) is 30.4. The Hall–Kier alpha value is -3.73. The van der Waals surface area contributed by atoms with Crippen molar-refractivity contribution in [1.29, 1.82) is 0 Å². The summed E-state index contributed by atoms with van der Waals surface area (Å²) in [5, 5.41) is 6.51. The molecule has 1 aliphatic rings. The smallest absolute Gasteiger partial charge is 0.406 e. The summed E-state index contributed by atoms with van der Waals surface area (Å²) >= 11 is 0. The number of amides is 2. The molecule has 0 saturated carbocycles. The minimum Gasteiger partial charge on any atom is -0.406 e. The number of benzene rings is 2. The van der Waals surface area contributed by atoms with Gasteiger partial charge in [-0.25, -0.2) is 0 Å². The van der Waals surface area contributed by atoms with Crippen LogP contribution in [0.3, 0.4) is 0 Å². The fourth-order valence-corrected chi connectivity index (χ4v) is 4.37. The number of nitrogen functional groups attached to an aromatic ring is 1. The number of aryl methyl sites for hydroxylation is 1. The third-order valence-electron chi connectivity index (χ3n) is 6.18. The highest BCUT2D eigenvalue weighted by Crippen LogP contribution is 2.26. The van der Waals surface area contributed by atoms with Gasteiger partial charge in [-0.1, -0.05) is 12.1 Å². The second-order valence-corrected chi connectivity index (χ2v) is 8.96. The number of nitrogens with zero attached hydrogens (tertiary/aromatic N) is 1. The van der Waals surface area contributed by atoms with Crippen molar-refractivity contribution in [3.63, 3.8) is 0 Å². The Balaban J connectivity index is 1.23. The zero-order valence-electron chi connectivity index (χ0n) is 19.7. The molecule has 4 rings (SSSR count). The summed E-state index contributed by atoms with van der Waals surface area (Å²) < 4.78 is 41.1. The predicted octanol–water partition coefficient (Wildman–Crippen LogP) is 3.47. The number of halogens is 3. The van der Waals surface area contributed by atoms with Gasteiger partial charge in [0.25, 0.3) is 5.91 Å². The molecule has 2 amide bonds. The molecule has 5 N–H and O–H groups in total. The number of fused-ring (bicyclic) bond motifs is 1. The van der Waals surface area contributed by atoms with Crippen LogP contribution in [0.15, 0.2) is 42.6 Å². The number of aromatic nitrogens is 1. The summed E-state index contributed by atoms with van der Waals surface area (Å²) in [7, 11) is 0. The van der Waals surface area contributed by atoms with Gasteiger partial charge in [-0.05, 0) is 55.2 Å². The number of alkyl halides is 3. The average molecular weight is 504 g/mol. The van der Waals surface area contributed by atoms with E-state index in [0.29, 0.717) is 0 Å². The van der Waals surface area contributed by atoms with Crippen LogP contribution in [0.2, 0.25) is 0 Å². The van der Waals surface area contributed by atoms with Crippen molar-refractivity contribution in [3.05, 3.63) is 59.3 Å². The molecule has 0 atom stereocenters. The second-order valence-electron chi connectivity index (χ2n) is 8.96. The van der Waals surface area contributed by atoms with Gasteiger partial charge < -0.3 is 26.1 Å². The zero-order valence-corrected chi connectivity index (χ0v) is 19.7. The first-order valence-electron chi connectivity index (χ1n) is 11.6. The molecule has 1 fully saturated rings. The molecule has 0 bridgehead atoms. The van der Waals surface area contributed by atoms with Crippen LogP contribution in [0.25, 0.3) is 10.9 Å². The van der Waals surface area contributed by atoms with Crippen molar-refractivity contribution >= 4 is 28.4 Å². The topological polar surface area (TPSA) is 112 Å². The number of ether oxygens (including phenoxy) is 1. The van der Waals surface area contributed by atoms with E-state index in [2.05, 4.69) is 50.4 Å². The molecular formula is C25H28F3N5O3. The van der Waals surface area contributed by atoms with Crippen molar-refractivity contribution in [3.8, 4) is 5.75 Å². The number of H-pyrrole nitrogens is 1. The highest BCUT2D eigenvalue weighted by molar-refractivity contribution is 6.01. The van der Waals surface area contributed by atoms with Gasteiger partial charge in [-0.15, -0.1) is 13.2 Å². The van der Waals surface area contributed by atoms with E-state index >= 15 is 0 Å². The second kappa shape index (κ2) is 10.5. The number of likely N-dealkylation sites (tertiary alicyclic amines) is 1. The van der Waals surface area contributed by atoms with Crippen molar-refractivity contribution < 1.29 is 27.5 Å². The number of nitrogens with two attached hydrogens (primary N) is 1. The number of rotatable bonds is 7. The maximum Gasteiger partial charge on any atom is 0.573 e. The normalized spacial score (nSPS) is 15.1. The van der Waals surface area contributed by atoms with Gasteiger partial charge in [0.05, 0.1) is 12.1 Å². The fourth-order valence-electron chi connectivity index (χ4n) is 4.37. The fraction of sp³-hybridized carbons (Fsp3) is 0.360. The van der Waals surface area contributed by atoms with E-state index in [4.69, 9.17) is 5.73 Å². The van der Waals surface area contributed by atoms with Gasteiger partial charge >= 0.3 is 6.36 Å². The predicted molar refractivity (Wildman–Crippen MR) is 129 cm³/mol. The molecule has 3 aromatic rings. The molecule has 0 aliphatic carbocycles. The largest absolute Gasteiger partial charge is 0.573 e. The van der Waals surface area contributed by atoms with Crippen LogP contribution in [0.5, 0.6) is 5.75 Å². The van der Waals surface area contributed by atoms with Crippen LogP contribution in [-0.2, 0) is 11.3 Å². The van der Waals surface area contributed by atoms with E-state index in [-0.39, 0.29) is 29.7 Å². The van der Waals surface area contributed by atoms with Gasteiger partial charge in [0, 0.05) is 48.5 Å². The maximum atomic E-state index is 12.4. The third kappa shape index (κ3) is 6.48. The lowest BCUT2D eigenvalue weighted by molar-refractivity contribution is -0.274. The monoisotopic (exact) mass is 503 g/mol. The molecule has 1 aromatic heterocycles. The first-order valence-corrected chi connectivity index (χ1v) is 11.6. The van der Waals surface area contributed by atoms with Gasteiger partial charge in [-0.2, -0.15) is 0 Å². The molecule has 1 aliphatic heterocycles. The molecular weight excluding hydrogens is 475 g/mol. The first kappa shape index (κ1) is 25.4. The molecule has 0 radical (unpaired) electrons. The number of hydrogen-bond acceptors (Lipinski definition) is 5. The molecule has 2 aromatic carbocycles. The Kier molecular flexibility index (Phi) is 7.39. The maximum absolute atomic E-state index is 12.4. The van der Waals surface area contributed by atoms with E-state index in [1.165, 1.54) is 16.5 Å². The lowest BCUT2D eigenvalue weighted by Crippen LogP contribution is -2.47. The third-order valence-corrected chi connectivity index (χ3v) is 6.18. The molecule has 8 nitrogen and oxygen atoms in total. The van der Waals surface area contributed by atoms with Crippen molar-refractivity contribution in [2.45, 2.75) is 38.7 Å². The quantitative estimate of drug-likeness (QED) is 0.369. The summed E-state index contributed by atoms with van der Waals surface area (Å²) in [5.74, 6) is -1.71. The Morgan fingerprint density at radius 2 is 1.92 bits per heavy atom. The zero-order chi connectivity index (χ0) is 25.9. The van der Waals surface area contributed by atoms with Crippen LogP contribution in [0.1, 0.15) is 34.3 Å². The van der Waals surface area contributed by atoms with Crippen LogP contribution in [-0.4, -0.2) is 53.7 Å². The molecule has 1 saturated heterocycles. The van der Waals surface area contributed by atoms with Crippen LogP contribution < -0.4 is 21.1 Å². The van der Waals surface area contributed by atoms with Crippen LogP contribution in [0, 0.1) is 6.92 Å². The molecule has 11 heteroatoms. The van der Waals surface area contributed by atoms with Crippen LogP contribution in [0.4, 0.5) is 18.9 Å². The average Bonchev–Trinajstić information content (AvgIpc) is 3.20. The number of hydrogen-bond donors (Lipinski definition) is 4. The number of carbonyl (C=O) groups is 2. The molecule has 2 heterocycles. The number of aromatic amines is 1. The Bertz CT molecular complexity index is 1250. The van der Waals surface area contributed by atoms with Crippen molar-refractivity contribution in [1.82, 2.24) is 20.5 Å². The Labute approximate surface area is 206 Å². The SMILES string of the molecule is Cc1ccc2c(CN3CCC(NC(=O)CNC(=O)c4cc(OC(F)(F)F)ccc4N)CC3)c[nH]c2c1. The lowest BCUT2D eigenvalue weighted by atomic mass is 10.0. The summed E-state index contributed by atoms with van der Waals surface area (Å²) in [6, 6.07) is 9.37. The molecule has 36 heavy (non-hydrogen) atoms. The van der Waals surface area contributed by atoms with Gasteiger partial charge in [0.2, 0.25) is 5.91 Å². The molecule has 0 spiro atoms. The highest BCUT2D eigenvalue weighted by Gasteiger charge is 2.31. The Morgan fingerprint density at radius 1 is 1.17 bits per heavy atom. The number of nitrogens with one attached hydrogen (secondary N) is 3. The van der Waals surface area contributed by atoms with Crippen molar-refractivity contribution in [2.24, 2.45) is 0 Å². The minimum absolute atomic E-state index is 0.0233. The molecule has 0 unspecified atom stereocenters. The Morgan fingerprint density at radius 3 is 2.64 bits per heavy atom. The van der Waals surface area contributed by atoms with Gasteiger partial charge in [0.15, 0.2) is 0 Å². The van der Waals surface area contributed by atoms with Crippen molar-refractivity contribution in [2.75, 3.05) is 25.4 Å². The van der Waals surface area contributed by atoms with E-state index in [1.54, 1.807) is 0 Å². The standard InChI is InChI=1S/C25H28F3N5O3/c1-15-2-4-19-16(12-30-22(19)10-15)14-33-8-6-17(7-9-33)32-23(34)13-31-24(35)20-11-18(3-5-21(20)29)36-25(26,27)28/h2-5,10-12,17,30H,6-9,13-14,29H2,1H3,(H,31,35)(H,32,34). The van der Waals surface area contributed by atoms with Crippen LogP contribution >= 0.6 is 0 Å². The first-order chi connectivity index (χ1) is 17.1. The number of piperidine rings is 1. The highest BCUT2D eigenvalue weighted by atomic mass is 19.4. The minimum atomic E-state index is -4.89. The summed E-state index contributed by atoms with van der Waals surface area (Å²) in [6.45, 7) is 4.19. The van der Waals surface area contributed by atoms with E-state index in [0.717, 1.165) is 56.2 Å². The number of anilines is 1.